The van der Waals surface area contributed by atoms with Crippen molar-refractivity contribution in [1.82, 2.24) is 0 Å². The second-order valence-corrected chi connectivity index (χ2v) is 7.83. The fourth-order valence-corrected chi connectivity index (χ4v) is 4.33. The molecule has 2 aliphatic heterocycles. The summed E-state index contributed by atoms with van der Waals surface area (Å²) in [6, 6.07) is 16.2. The normalized spacial score (nSPS) is 21.2. The smallest absolute Gasteiger partial charge is 0.339 e. The first-order valence-electron chi connectivity index (χ1n) is 10.7. The van der Waals surface area contributed by atoms with Gasteiger partial charge in [0.15, 0.2) is 0 Å². The average Bonchev–Trinajstić information content (AvgIpc) is 3.14. The van der Waals surface area contributed by atoms with E-state index in [0.29, 0.717) is 5.56 Å². The molecule has 0 aliphatic carbocycles. The molecule has 0 spiro atoms. The van der Waals surface area contributed by atoms with Crippen molar-refractivity contribution in [2.75, 3.05) is 11.6 Å². The third kappa shape index (κ3) is 4.06. The fourth-order valence-electron chi connectivity index (χ4n) is 4.33. The number of anilines is 1. The molecular formula is C25H23N3O6. The van der Waals surface area contributed by atoms with Gasteiger partial charge in [-0.1, -0.05) is 24.3 Å². The molecule has 0 fully saturated rings. The summed E-state index contributed by atoms with van der Waals surface area (Å²) in [4.78, 5) is 23.4. The van der Waals surface area contributed by atoms with Crippen LogP contribution in [0.5, 0.6) is 5.75 Å². The third-order valence-electron chi connectivity index (χ3n) is 5.68. The number of hydrogen-bond donors (Lipinski definition) is 1. The number of para-hydroxylation sites is 1. The van der Waals surface area contributed by atoms with E-state index < -0.39 is 24.1 Å². The van der Waals surface area contributed by atoms with Gasteiger partial charge in [0.2, 0.25) is 6.23 Å². The first kappa shape index (κ1) is 22.9. The Hall–Kier alpha value is -4.32. The van der Waals surface area contributed by atoms with E-state index in [2.05, 4.69) is 6.07 Å². The Bertz CT molecular complexity index is 1230. The summed E-state index contributed by atoms with van der Waals surface area (Å²) in [5.41, 5.74) is 2.14. The summed E-state index contributed by atoms with van der Waals surface area (Å²) >= 11 is 0. The molecule has 2 heterocycles. The molecule has 0 radical (unpaired) electrons. The van der Waals surface area contributed by atoms with Gasteiger partial charge in [-0.3, -0.25) is 4.79 Å². The molecule has 3 atom stereocenters. The molecule has 9 nitrogen and oxygen atoms in total. The van der Waals surface area contributed by atoms with Crippen LogP contribution in [0.2, 0.25) is 0 Å². The maximum absolute atomic E-state index is 11.9. The lowest BCUT2D eigenvalue weighted by atomic mass is 9.76. The van der Waals surface area contributed by atoms with Crippen molar-refractivity contribution in [3.8, 4) is 11.8 Å². The minimum Gasteiger partial charge on any atom is -0.478 e. The van der Waals surface area contributed by atoms with Crippen molar-refractivity contribution in [2.45, 2.75) is 32.9 Å². The van der Waals surface area contributed by atoms with Crippen LogP contribution in [0.25, 0.3) is 0 Å². The summed E-state index contributed by atoms with van der Waals surface area (Å²) in [5.74, 6) is -2.84. The predicted molar refractivity (Wildman–Crippen MR) is 122 cm³/mol. The van der Waals surface area contributed by atoms with E-state index in [0.717, 1.165) is 11.4 Å². The topological polar surface area (TPSA) is 121 Å². The van der Waals surface area contributed by atoms with Crippen molar-refractivity contribution in [2.24, 2.45) is 11.0 Å². The van der Waals surface area contributed by atoms with Crippen LogP contribution < -0.4 is 9.75 Å². The van der Waals surface area contributed by atoms with Crippen molar-refractivity contribution < 1.29 is 28.9 Å². The number of nitrogens with zero attached hydrogens (tertiary/aromatic N) is 3. The summed E-state index contributed by atoms with van der Waals surface area (Å²) < 4.78 is 16.9. The molecule has 3 unspecified atom stereocenters. The zero-order valence-corrected chi connectivity index (χ0v) is 18.9. The van der Waals surface area contributed by atoms with Gasteiger partial charge in [-0.15, -0.1) is 0 Å². The lowest BCUT2D eigenvalue weighted by molar-refractivity contribution is -0.131. The second kappa shape index (κ2) is 9.27. The van der Waals surface area contributed by atoms with Crippen LogP contribution in [0.4, 0.5) is 5.69 Å². The van der Waals surface area contributed by atoms with Crippen LogP contribution in [0.15, 0.2) is 65.2 Å². The Balaban J connectivity index is 1.86. The Labute approximate surface area is 196 Å². The number of carboxylic acids is 1. The van der Waals surface area contributed by atoms with Gasteiger partial charge in [-0.05, 0) is 43.7 Å². The highest BCUT2D eigenvalue weighted by Crippen LogP contribution is 2.47. The minimum atomic E-state index is -1.25. The van der Waals surface area contributed by atoms with Crippen LogP contribution in [-0.4, -0.2) is 35.6 Å². The first-order chi connectivity index (χ1) is 16.3. The standard InChI is InChI=1S/C25H23N3O6/c1-4-32-25-19(13-26)22(16-10-11-20(33-15(3)29)18(12-16)24(30)31)21-14(2)27-28(23(21)34-25)17-8-6-5-7-9-17/h5-12,21-23H,4H2,1-3H3,(H,30,31). The van der Waals surface area contributed by atoms with E-state index in [1.807, 2.05) is 37.3 Å². The maximum Gasteiger partial charge on any atom is 0.339 e. The number of allylic oxidation sites excluding steroid dienone is 1. The number of carboxylic acid groups (broad SMARTS) is 1. The minimum absolute atomic E-state index is 0.0670. The maximum atomic E-state index is 11.9. The van der Waals surface area contributed by atoms with Crippen molar-refractivity contribution >= 4 is 23.3 Å². The van der Waals surface area contributed by atoms with Gasteiger partial charge < -0.3 is 19.3 Å². The predicted octanol–water partition coefficient (Wildman–Crippen LogP) is 4.03. The number of hydrogen-bond acceptors (Lipinski definition) is 8. The van der Waals surface area contributed by atoms with Gasteiger partial charge in [0.25, 0.3) is 5.95 Å². The molecule has 0 saturated heterocycles. The number of esters is 1. The number of hydrazone groups is 1. The molecular weight excluding hydrogens is 438 g/mol. The summed E-state index contributed by atoms with van der Waals surface area (Å²) in [6.45, 7) is 5.11. The molecule has 34 heavy (non-hydrogen) atoms. The Morgan fingerprint density at radius 1 is 1.24 bits per heavy atom. The molecule has 2 aromatic rings. The van der Waals surface area contributed by atoms with Crippen LogP contribution in [-0.2, 0) is 14.3 Å². The fraction of sp³-hybridized carbons (Fsp3) is 0.280. The molecule has 0 saturated carbocycles. The van der Waals surface area contributed by atoms with Gasteiger partial charge >= 0.3 is 11.9 Å². The number of nitriles is 1. The third-order valence-corrected chi connectivity index (χ3v) is 5.68. The van der Waals surface area contributed by atoms with E-state index >= 15 is 0 Å². The average molecular weight is 461 g/mol. The Morgan fingerprint density at radius 3 is 2.59 bits per heavy atom. The number of aromatic carboxylic acids is 1. The second-order valence-electron chi connectivity index (χ2n) is 7.83. The summed E-state index contributed by atoms with van der Waals surface area (Å²) in [7, 11) is 0. The molecule has 4 rings (SSSR count). The highest BCUT2D eigenvalue weighted by atomic mass is 16.7. The largest absolute Gasteiger partial charge is 0.478 e. The Kier molecular flexibility index (Phi) is 6.23. The van der Waals surface area contributed by atoms with Gasteiger partial charge in [0.05, 0.1) is 18.2 Å². The molecule has 2 aliphatic rings. The lowest BCUT2D eigenvalue weighted by Gasteiger charge is -2.37. The molecule has 1 N–H and O–H groups in total. The van der Waals surface area contributed by atoms with E-state index in [1.165, 1.54) is 19.1 Å². The zero-order valence-electron chi connectivity index (χ0n) is 18.9. The van der Waals surface area contributed by atoms with Crippen LogP contribution in [0.1, 0.15) is 42.6 Å². The summed E-state index contributed by atoms with van der Waals surface area (Å²) in [6.07, 6.45) is -0.604. The molecule has 0 bridgehead atoms. The van der Waals surface area contributed by atoms with Crippen molar-refractivity contribution in [1.29, 1.82) is 5.26 Å². The van der Waals surface area contributed by atoms with Crippen LogP contribution in [0.3, 0.4) is 0 Å². The first-order valence-corrected chi connectivity index (χ1v) is 10.7. The number of ether oxygens (including phenoxy) is 3. The van der Waals surface area contributed by atoms with Crippen molar-refractivity contribution in [3.05, 3.63) is 71.2 Å². The van der Waals surface area contributed by atoms with E-state index in [-0.39, 0.29) is 35.4 Å². The molecule has 174 valence electrons. The van der Waals surface area contributed by atoms with E-state index in [9.17, 15) is 20.0 Å². The number of benzene rings is 2. The number of rotatable bonds is 6. The number of carbonyl (C=O) groups is 2. The van der Waals surface area contributed by atoms with Gasteiger partial charge in [0.1, 0.15) is 23.0 Å². The van der Waals surface area contributed by atoms with Gasteiger partial charge in [-0.2, -0.15) is 10.4 Å². The highest BCUT2D eigenvalue weighted by Gasteiger charge is 2.50. The van der Waals surface area contributed by atoms with E-state index in [4.69, 9.17) is 19.3 Å². The zero-order chi connectivity index (χ0) is 24.4. The SMILES string of the molecule is CCOC1=C(C#N)C(c2ccc(OC(C)=O)c(C(=O)O)c2)C2C(C)=NN(c3ccccc3)C2O1. The van der Waals surface area contributed by atoms with Crippen molar-refractivity contribution in [3.63, 3.8) is 0 Å². The molecule has 9 heteroatoms. The Morgan fingerprint density at radius 2 is 1.97 bits per heavy atom. The summed E-state index contributed by atoms with van der Waals surface area (Å²) in [5, 5.41) is 26.2. The van der Waals surface area contributed by atoms with Gasteiger partial charge in [0, 0.05) is 18.6 Å². The molecule has 0 amide bonds. The number of fused-ring (bicyclic) bond motifs is 1. The monoisotopic (exact) mass is 461 g/mol. The quantitative estimate of drug-likeness (QED) is 0.505. The van der Waals surface area contributed by atoms with Crippen LogP contribution >= 0.6 is 0 Å². The van der Waals surface area contributed by atoms with Crippen LogP contribution in [0, 0.1) is 17.2 Å². The molecule has 2 aromatic carbocycles. The highest BCUT2D eigenvalue weighted by molar-refractivity contribution is 5.93. The molecule has 0 aromatic heterocycles. The van der Waals surface area contributed by atoms with Gasteiger partial charge in [-0.25, -0.2) is 9.80 Å². The number of carbonyl (C=O) groups excluding carboxylic acids is 1. The van der Waals surface area contributed by atoms with E-state index in [1.54, 1.807) is 18.0 Å². The lowest BCUT2D eigenvalue weighted by Crippen LogP contribution is -2.43.